The highest BCUT2D eigenvalue weighted by Crippen LogP contribution is 2.15. The van der Waals surface area contributed by atoms with Crippen LogP contribution in [-0.2, 0) is 19.1 Å². The molecule has 37 heavy (non-hydrogen) atoms. The molecule has 0 saturated carbocycles. The van der Waals surface area contributed by atoms with Crippen molar-refractivity contribution in [3.8, 4) is 0 Å². The summed E-state index contributed by atoms with van der Waals surface area (Å²) in [6, 6.07) is 0. The average molecular weight is 527 g/mol. The summed E-state index contributed by atoms with van der Waals surface area (Å²) >= 11 is 0. The van der Waals surface area contributed by atoms with Crippen molar-refractivity contribution in [2.24, 2.45) is 0 Å². The molecule has 0 aromatic rings. The van der Waals surface area contributed by atoms with Gasteiger partial charge in [-0.1, -0.05) is 149 Å². The Morgan fingerprint density at radius 1 is 0.514 bits per heavy atom. The van der Waals surface area contributed by atoms with Gasteiger partial charge in [0.05, 0.1) is 6.61 Å². The van der Waals surface area contributed by atoms with Gasteiger partial charge < -0.3 is 14.6 Å². The third-order valence-corrected chi connectivity index (χ3v) is 7.15. The van der Waals surface area contributed by atoms with Crippen LogP contribution in [0.5, 0.6) is 0 Å². The molecule has 0 heterocycles. The maximum Gasteiger partial charge on any atom is 0.306 e. The molecule has 220 valence electrons. The van der Waals surface area contributed by atoms with E-state index in [0.717, 1.165) is 44.9 Å². The van der Waals surface area contributed by atoms with Crippen LogP contribution in [-0.4, -0.2) is 36.4 Å². The van der Waals surface area contributed by atoms with Crippen LogP contribution in [0.4, 0.5) is 0 Å². The van der Waals surface area contributed by atoms with Crippen molar-refractivity contribution in [3.63, 3.8) is 0 Å². The van der Waals surface area contributed by atoms with Crippen LogP contribution in [0.15, 0.2) is 0 Å². The van der Waals surface area contributed by atoms with Gasteiger partial charge in [-0.15, -0.1) is 0 Å². The normalized spacial score (nSPS) is 12.0. The fourth-order valence-electron chi connectivity index (χ4n) is 4.67. The van der Waals surface area contributed by atoms with Crippen LogP contribution in [0.1, 0.15) is 174 Å². The summed E-state index contributed by atoms with van der Waals surface area (Å²) < 4.78 is 10.4. The summed E-state index contributed by atoms with van der Waals surface area (Å²) in [6.45, 7) is 4.02. The van der Waals surface area contributed by atoms with Gasteiger partial charge in [0.25, 0.3) is 0 Å². The molecule has 5 heteroatoms. The third kappa shape index (κ3) is 27.7. The number of ether oxygens (including phenoxy) is 2. The molecule has 0 aromatic carbocycles. The number of carbonyl (C=O) groups is 2. The molecule has 0 aliphatic carbocycles. The molecule has 0 rings (SSSR count). The third-order valence-electron chi connectivity index (χ3n) is 7.15. The summed E-state index contributed by atoms with van der Waals surface area (Å²) in [6.07, 6.45) is 29.2. The number of aliphatic hydroxyl groups excluding tert-OH is 1. The Hall–Kier alpha value is -1.10. The van der Waals surface area contributed by atoms with Gasteiger partial charge in [-0.05, 0) is 12.8 Å². The first kappa shape index (κ1) is 35.9. The maximum atomic E-state index is 12.0. The van der Waals surface area contributed by atoms with E-state index in [2.05, 4.69) is 13.8 Å². The lowest BCUT2D eigenvalue weighted by atomic mass is 10.0. The first-order valence-corrected chi connectivity index (χ1v) is 16.1. The Morgan fingerprint density at radius 2 is 0.838 bits per heavy atom. The maximum absolute atomic E-state index is 12.0. The first-order valence-electron chi connectivity index (χ1n) is 16.1. The highest BCUT2D eigenvalue weighted by molar-refractivity contribution is 5.70. The lowest BCUT2D eigenvalue weighted by molar-refractivity contribution is -0.161. The molecule has 0 aliphatic heterocycles. The molecule has 0 fully saturated rings. The monoisotopic (exact) mass is 526 g/mol. The van der Waals surface area contributed by atoms with E-state index in [9.17, 15) is 14.7 Å². The molecular weight excluding hydrogens is 464 g/mol. The van der Waals surface area contributed by atoms with Gasteiger partial charge in [0.15, 0.2) is 6.10 Å². The Morgan fingerprint density at radius 3 is 1.22 bits per heavy atom. The largest absolute Gasteiger partial charge is 0.462 e. The van der Waals surface area contributed by atoms with E-state index >= 15 is 0 Å². The van der Waals surface area contributed by atoms with Gasteiger partial charge in [-0.3, -0.25) is 9.59 Å². The molecule has 0 saturated heterocycles. The molecule has 0 bridgehead atoms. The van der Waals surface area contributed by atoms with Crippen molar-refractivity contribution in [2.75, 3.05) is 13.2 Å². The zero-order chi connectivity index (χ0) is 27.2. The van der Waals surface area contributed by atoms with Gasteiger partial charge in [0, 0.05) is 12.8 Å². The Bertz CT molecular complexity index is 494. The Balaban J connectivity index is 3.42. The van der Waals surface area contributed by atoms with E-state index in [1.54, 1.807) is 0 Å². The minimum Gasteiger partial charge on any atom is -0.462 e. The van der Waals surface area contributed by atoms with Crippen molar-refractivity contribution in [1.29, 1.82) is 0 Å². The van der Waals surface area contributed by atoms with Crippen LogP contribution >= 0.6 is 0 Å². The smallest absolute Gasteiger partial charge is 0.306 e. The summed E-state index contributed by atoms with van der Waals surface area (Å²) in [7, 11) is 0. The summed E-state index contributed by atoms with van der Waals surface area (Å²) in [5, 5.41) is 9.40. The summed E-state index contributed by atoms with van der Waals surface area (Å²) in [4.78, 5) is 23.7. The van der Waals surface area contributed by atoms with Crippen molar-refractivity contribution in [3.05, 3.63) is 0 Å². The second-order valence-electron chi connectivity index (χ2n) is 10.9. The number of unbranched alkanes of at least 4 members (excludes halogenated alkanes) is 21. The van der Waals surface area contributed by atoms with Gasteiger partial charge in [0.2, 0.25) is 0 Å². The van der Waals surface area contributed by atoms with Crippen LogP contribution in [0.3, 0.4) is 0 Å². The van der Waals surface area contributed by atoms with Gasteiger partial charge >= 0.3 is 11.9 Å². The molecular formula is C32H62O5. The summed E-state index contributed by atoms with van der Waals surface area (Å²) in [5.41, 5.74) is 0. The van der Waals surface area contributed by atoms with Crippen LogP contribution in [0.2, 0.25) is 0 Å². The molecule has 5 nitrogen and oxygen atoms in total. The van der Waals surface area contributed by atoms with Crippen LogP contribution in [0.25, 0.3) is 0 Å². The fraction of sp³-hybridized carbons (Fsp3) is 0.938. The van der Waals surface area contributed by atoms with Crippen molar-refractivity contribution >= 4 is 11.9 Å². The molecule has 0 amide bonds. The van der Waals surface area contributed by atoms with Crippen molar-refractivity contribution in [1.82, 2.24) is 0 Å². The molecule has 0 spiro atoms. The topological polar surface area (TPSA) is 72.8 Å². The van der Waals surface area contributed by atoms with Gasteiger partial charge in [-0.25, -0.2) is 0 Å². The van der Waals surface area contributed by atoms with Crippen LogP contribution < -0.4 is 0 Å². The van der Waals surface area contributed by atoms with Crippen molar-refractivity contribution < 1.29 is 24.2 Å². The average Bonchev–Trinajstić information content (AvgIpc) is 2.90. The molecule has 1 unspecified atom stereocenters. The zero-order valence-corrected chi connectivity index (χ0v) is 24.7. The number of esters is 2. The second-order valence-corrected chi connectivity index (χ2v) is 10.9. The van der Waals surface area contributed by atoms with Gasteiger partial charge in [0.1, 0.15) is 6.61 Å². The number of hydrogen-bond donors (Lipinski definition) is 1. The second kappa shape index (κ2) is 29.5. The highest BCUT2D eigenvalue weighted by Gasteiger charge is 2.16. The molecule has 1 N–H and O–H groups in total. The molecule has 1 atom stereocenters. The minimum atomic E-state index is -0.757. The number of carbonyl (C=O) groups excluding carboxylic acids is 2. The molecule has 0 aromatic heterocycles. The fourth-order valence-corrected chi connectivity index (χ4v) is 4.67. The molecule has 0 aliphatic rings. The number of hydrogen-bond acceptors (Lipinski definition) is 5. The molecule has 0 radical (unpaired) electrons. The highest BCUT2D eigenvalue weighted by atomic mass is 16.6. The van der Waals surface area contributed by atoms with E-state index < -0.39 is 6.10 Å². The first-order chi connectivity index (χ1) is 18.1. The zero-order valence-electron chi connectivity index (χ0n) is 24.7. The van der Waals surface area contributed by atoms with Crippen LogP contribution in [0, 0.1) is 0 Å². The van der Waals surface area contributed by atoms with E-state index in [4.69, 9.17) is 9.47 Å². The predicted octanol–water partition coefficient (Wildman–Crippen LogP) is 9.23. The number of aliphatic hydroxyl groups is 1. The SMILES string of the molecule is CCCCCCCCCCCCCCCCCCCCCC(=O)OC(CO)COC(=O)CCCCCC. The standard InChI is InChI=1S/C32H62O5/c1-3-5-7-9-10-11-12-13-14-15-16-17-18-19-20-21-22-23-25-27-32(35)37-30(28-33)29-36-31(34)26-24-8-6-4-2/h30,33H,3-29H2,1-2H3. The van der Waals surface area contributed by atoms with E-state index in [1.165, 1.54) is 103 Å². The van der Waals surface area contributed by atoms with Gasteiger partial charge in [-0.2, -0.15) is 0 Å². The minimum absolute atomic E-state index is 0.0615. The van der Waals surface area contributed by atoms with E-state index in [-0.39, 0.29) is 25.2 Å². The Kier molecular flexibility index (Phi) is 28.6. The van der Waals surface area contributed by atoms with Crippen molar-refractivity contribution in [2.45, 2.75) is 180 Å². The predicted molar refractivity (Wildman–Crippen MR) is 155 cm³/mol. The lowest BCUT2D eigenvalue weighted by Crippen LogP contribution is -2.28. The van der Waals surface area contributed by atoms with E-state index in [1.807, 2.05) is 0 Å². The lowest BCUT2D eigenvalue weighted by Gasteiger charge is -2.15. The summed E-state index contributed by atoms with van der Waals surface area (Å²) in [5.74, 6) is -0.602. The Labute approximate surface area is 229 Å². The van der Waals surface area contributed by atoms with E-state index in [0.29, 0.717) is 12.8 Å². The quantitative estimate of drug-likeness (QED) is 0.0776. The number of rotatable bonds is 29.